The van der Waals surface area contributed by atoms with Crippen molar-refractivity contribution in [1.29, 1.82) is 0 Å². The van der Waals surface area contributed by atoms with Crippen LogP contribution in [0.2, 0.25) is 0 Å². The highest BCUT2D eigenvalue weighted by Crippen LogP contribution is 2.25. The highest BCUT2D eigenvalue weighted by Gasteiger charge is 2.25. The quantitative estimate of drug-likeness (QED) is 0.823. The molecule has 2 aromatic rings. The van der Waals surface area contributed by atoms with Crippen LogP contribution in [-0.4, -0.2) is 34.7 Å². The molecule has 2 N–H and O–H groups in total. The smallest absolute Gasteiger partial charge is 0.338 e. The summed E-state index contributed by atoms with van der Waals surface area (Å²) in [5.74, 6) is -3.35. The van der Waals surface area contributed by atoms with E-state index in [1.807, 2.05) is 4.72 Å². The molecule has 8 nitrogen and oxygen atoms in total. The van der Waals surface area contributed by atoms with E-state index in [2.05, 4.69) is 31.1 Å². The van der Waals surface area contributed by atoms with Gasteiger partial charge in [-0.2, -0.15) is 5.10 Å². The largest absolute Gasteiger partial charge is 0.478 e. The second-order valence-corrected chi connectivity index (χ2v) is 6.21. The van der Waals surface area contributed by atoms with Crippen LogP contribution in [0.1, 0.15) is 10.4 Å². The lowest BCUT2D eigenvalue weighted by Crippen LogP contribution is -2.18. The van der Waals surface area contributed by atoms with Crippen molar-refractivity contribution >= 4 is 37.9 Å². The van der Waals surface area contributed by atoms with Gasteiger partial charge in [0.15, 0.2) is 5.82 Å². The van der Waals surface area contributed by atoms with Crippen LogP contribution >= 0.6 is 15.9 Å². The molecule has 0 atom stereocenters. The summed E-state index contributed by atoms with van der Waals surface area (Å²) in [4.78, 5) is 13.6. The first-order valence-electron chi connectivity index (χ1n) is 5.20. The molecule has 0 aliphatic rings. The summed E-state index contributed by atoms with van der Waals surface area (Å²) in [6.07, 6.45) is 2.41. The van der Waals surface area contributed by atoms with Crippen molar-refractivity contribution in [3.05, 3.63) is 40.4 Å². The number of carbonyl (C=O) groups is 1. The number of halogens is 2. The van der Waals surface area contributed by atoms with Crippen LogP contribution in [0.25, 0.3) is 0 Å². The molecule has 1 aromatic heterocycles. The molecule has 0 radical (unpaired) electrons. The highest BCUT2D eigenvalue weighted by atomic mass is 79.9. The van der Waals surface area contributed by atoms with Gasteiger partial charge in [0, 0.05) is 4.47 Å². The summed E-state index contributed by atoms with van der Waals surface area (Å²) < 4.78 is 40.2. The van der Waals surface area contributed by atoms with Gasteiger partial charge >= 0.3 is 5.97 Å². The van der Waals surface area contributed by atoms with Crippen LogP contribution in [0, 0.1) is 5.82 Å². The maximum atomic E-state index is 14.0. The molecule has 0 saturated carbocycles. The molecule has 2 rings (SSSR count). The SMILES string of the molecule is O=C(O)c1cc(Br)cc(S(=O)(=O)Nc2nccnn2)c1F. The molecule has 0 aliphatic heterocycles. The number of anilines is 1. The molecule has 0 spiro atoms. The molecule has 0 bridgehead atoms. The zero-order valence-electron chi connectivity index (χ0n) is 9.99. The lowest BCUT2D eigenvalue weighted by Gasteiger charge is -2.09. The van der Waals surface area contributed by atoms with E-state index < -0.39 is 32.3 Å². The number of hydrogen-bond acceptors (Lipinski definition) is 6. The average molecular weight is 377 g/mol. The summed E-state index contributed by atoms with van der Waals surface area (Å²) in [6, 6.07) is 1.89. The lowest BCUT2D eigenvalue weighted by atomic mass is 10.2. The predicted octanol–water partition coefficient (Wildman–Crippen LogP) is 1.27. The molecule has 0 unspecified atom stereocenters. The number of carboxylic acids is 1. The van der Waals surface area contributed by atoms with E-state index in [4.69, 9.17) is 5.11 Å². The number of hydrogen-bond donors (Lipinski definition) is 2. The Bertz CT molecular complexity index is 800. The van der Waals surface area contributed by atoms with Crippen LogP contribution < -0.4 is 4.72 Å². The highest BCUT2D eigenvalue weighted by molar-refractivity contribution is 9.10. The number of nitrogens with one attached hydrogen (secondary N) is 1. The molecular formula is C10H6BrFN4O4S. The molecule has 0 saturated heterocycles. The normalized spacial score (nSPS) is 11.1. The van der Waals surface area contributed by atoms with Crippen LogP contribution in [-0.2, 0) is 10.0 Å². The average Bonchev–Trinajstić information content (AvgIpc) is 2.41. The fourth-order valence-corrected chi connectivity index (χ4v) is 3.07. The second kappa shape index (κ2) is 5.69. The molecule has 0 amide bonds. The van der Waals surface area contributed by atoms with E-state index in [1.54, 1.807) is 0 Å². The van der Waals surface area contributed by atoms with Gasteiger partial charge in [-0.05, 0) is 12.1 Å². The topological polar surface area (TPSA) is 122 Å². The summed E-state index contributed by atoms with van der Waals surface area (Å²) in [5, 5.41) is 15.7. The van der Waals surface area contributed by atoms with E-state index in [-0.39, 0.29) is 10.4 Å². The Morgan fingerprint density at radius 2 is 2.05 bits per heavy atom. The molecule has 0 aliphatic carbocycles. The zero-order chi connectivity index (χ0) is 15.6. The van der Waals surface area contributed by atoms with Gasteiger partial charge in [-0.25, -0.2) is 27.3 Å². The van der Waals surface area contributed by atoms with E-state index in [0.717, 1.165) is 12.1 Å². The fourth-order valence-electron chi connectivity index (χ4n) is 1.38. The minimum absolute atomic E-state index is 0.0915. The van der Waals surface area contributed by atoms with Crippen molar-refractivity contribution in [3.63, 3.8) is 0 Å². The van der Waals surface area contributed by atoms with Crippen LogP contribution in [0.15, 0.2) is 33.9 Å². The van der Waals surface area contributed by atoms with Crippen LogP contribution in [0.3, 0.4) is 0 Å². The number of nitrogens with zero attached hydrogens (tertiary/aromatic N) is 3. The number of rotatable bonds is 4. The maximum absolute atomic E-state index is 14.0. The minimum Gasteiger partial charge on any atom is -0.478 e. The second-order valence-electron chi connectivity index (χ2n) is 3.64. The number of benzene rings is 1. The van der Waals surface area contributed by atoms with Crippen molar-refractivity contribution < 1.29 is 22.7 Å². The predicted molar refractivity (Wildman–Crippen MR) is 71.7 cm³/mol. The number of carboxylic acid groups (broad SMARTS) is 1. The van der Waals surface area contributed by atoms with Gasteiger partial charge in [0.1, 0.15) is 4.90 Å². The third-order valence-electron chi connectivity index (χ3n) is 2.23. The summed E-state index contributed by atoms with van der Waals surface area (Å²) in [5.41, 5.74) is -0.781. The van der Waals surface area contributed by atoms with Gasteiger partial charge in [0.2, 0.25) is 0 Å². The molecule has 110 valence electrons. The van der Waals surface area contributed by atoms with Crippen molar-refractivity contribution in [1.82, 2.24) is 15.2 Å². The molecule has 1 heterocycles. The van der Waals surface area contributed by atoms with Crippen LogP contribution in [0.5, 0.6) is 0 Å². The lowest BCUT2D eigenvalue weighted by molar-refractivity contribution is 0.0691. The van der Waals surface area contributed by atoms with E-state index in [1.165, 1.54) is 12.4 Å². The first-order chi connectivity index (χ1) is 9.81. The third-order valence-corrected chi connectivity index (χ3v) is 4.02. The van der Waals surface area contributed by atoms with Crippen molar-refractivity contribution in [2.24, 2.45) is 0 Å². The minimum atomic E-state index is -4.41. The first kappa shape index (κ1) is 15.3. The van der Waals surface area contributed by atoms with Gasteiger partial charge in [-0.1, -0.05) is 15.9 Å². The third kappa shape index (κ3) is 3.31. The molecule has 0 fully saturated rings. The van der Waals surface area contributed by atoms with Gasteiger partial charge < -0.3 is 5.11 Å². The Kier molecular flexibility index (Phi) is 4.14. The van der Waals surface area contributed by atoms with Crippen LogP contribution in [0.4, 0.5) is 10.3 Å². The Morgan fingerprint density at radius 1 is 1.33 bits per heavy atom. The van der Waals surface area contributed by atoms with E-state index in [9.17, 15) is 17.6 Å². The van der Waals surface area contributed by atoms with E-state index >= 15 is 0 Å². The Hall–Kier alpha value is -2.14. The Morgan fingerprint density at radius 3 is 2.62 bits per heavy atom. The van der Waals surface area contributed by atoms with Gasteiger partial charge in [-0.15, -0.1) is 5.10 Å². The van der Waals surface area contributed by atoms with E-state index in [0.29, 0.717) is 0 Å². The Labute approximate surface area is 126 Å². The van der Waals surface area contributed by atoms with Crippen molar-refractivity contribution in [2.75, 3.05) is 4.72 Å². The molecular weight excluding hydrogens is 371 g/mol. The van der Waals surface area contributed by atoms with Crippen molar-refractivity contribution in [3.8, 4) is 0 Å². The van der Waals surface area contributed by atoms with Gasteiger partial charge in [-0.3, -0.25) is 0 Å². The molecule has 21 heavy (non-hydrogen) atoms. The van der Waals surface area contributed by atoms with Gasteiger partial charge in [0.05, 0.1) is 18.0 Å². The monoisotopic (exact) mass is 376 g/mol. The maximum Gasteiger partial charge on any atom is 0.338 e. The fraction of sp³-hybridized carbons (Fsp3) is 0. The summed E-state index contributed by atoms with van der Waals surface area (Å²) >= 11 is 2.93. The molecule has 1 aromatic carbocycles. The Balaban J connectivity index is 2.53. The van der Waals surface area contributed by atoms with Crippen molar-refractivity contribution in [2.45, 2.75) is 4.90 Å². The number of sulfonamides is 1. The summed E-state index contributed by atoms with van der Waals surface area (Å²) in [7, 11) is -4.41. The standard InChI is InChI=1S/C10H6BrFN4O4S/c11-5-3-6(9(17)18)8(12)7(4-5)21(19,20)16-10-13-1-2-14-15-10/h1-4H,(H,17,18)(H,13,15,16). The summed E-state index contributed by atoms with van der Waals surface area (Å²) in [6.45, 7) is 0. The first-order valence-corrected chi connectivity index (χ1v) is 7.48. The number of aromatic nitrogens is 3. The molecule has 11 heteroatoms. The number of aromatic carboxylic acids is 1. The van der Waals surface area contributed by atoms with Gasteiger partial charge in [0.25, 0.3) is 16.0 Å². The zero-order valence-corrected chi connectivity index (χ0v) is 12.4.